The lowest BCUT2D eigenvalue weighted by molar-refractivity contribution is -0.142. The minimum absolute atomic E-state index is 0.0986. The maximum Gasteiger partial charge on any atom is 0.408 e. The van der Waals surface area contributed by atoms with E-state index in [0.29, 0.717) is 25.7 Å². The number of carboxylic acid groups (broad SMARTS) is 1. The van der Waals surface area contributed by atoms with Gasteiger partial charge in [-0.25, -0.2) is 9.59 Å². The largest absolute Gasteiger partial charge is 0.480 e. The van der Waals surface area contributed by atoms with Gasteiger partial charge in [0, 0.05) is 0 Å². The van der Waals surface area contributed by atoms with E-state index in [1.807, 2.05) is 44.2 Å². The van der Waals surface area contributed by atoms with Crippen LogP contribution < -0.4 is 10.6 Å². The van der Waals surface area contributed by atoms with E-state index in [1.54, 1.807) is 0 Å². The number of unbranched alkanes of at least 4 members (excludes halogenated alkanes) is 1. The molecule has 0 radical (unpaired) electrons. The van der Waals surface area contributed by atoms with Gasteiger partial charge < -0.3 is 20.5 Å². The predicted molar refractivity (Wildman–Crippen MR) is 97.6 cm³/mol. The van der Waals surface area contributed by atoms with Crippen LogP contribution in [0, 0.1) is 0 Å². The fourth-order valence-corrected chi connectivity index (χ4v) is 2.40. The number of benzene rings is 1. The van der Waals surface area contributed by atoms with Crippen LogP contribution in [0.4, 0.5) is 4.79 Å². The summed E-state index contributed by atoms with van der Waals surface area (Å²) < 4.78 is 5.13. The van der Waals surface area contributed by atoms with Crippen LogP contribution in [-0.4, -0.2) is 35.2 Å². The van der Waals surface area contributed by atoms with Crippen molar-refractivity contribution in [1.82, 2.24) is 10.6 Å². The van der Waals surface area contributed by atoms with Gasteiger partial charge in [-0.2, -0.15) is 0 Å². The Kier molecular flexibility index (Phi) is 9.82. The highest BCUT2D eigenvalue weighted by Crippen LogP contribution is 2.05. The van der Waals surface area contributed by atoms with E-state index in [9.17, 15) is 19.5 Å². The van der Waals surface area contributed by atoms with Gasteiger partial charge in [-0.1, -0.05) is 63.4 Å². The summed E-state index contributed by atoms with van der Waals surface area (Å²) in [6, 6.07) is 7.42. The van der Waals surface area contributed by atoms with E-state index in [1.165, 1.54) is 0 Å². The third kappa shape index (κ3) is 8.00. The minimum atomic E-state index is -1.08. The highest BCUT2D eigenvalue weighted by atomic mass is 16.5. The van der Waals surface area contributed by atoms with Crippen molar-refractivity contribution in [3.63, 3.8) is 0 Å². The predicted octanol–water partition coefficient (Wildman–Crippen LogP) is 2.84. The molecule has 0 aromatic heterocycles. The maximum atomic E-state index is 12.4. The molecule has 1 aromatic carbocycles. The van der Waals surface area contributed by atoms with Crippen molar-refractivity contribution in [2.24, 2.45) is 0 Å². The normalized spacial score (nSPS) is 12.7. The number of alkyl carbamates (subject to hydrolysis) is 1. The lowest BCUT2D eigenvalue weighted by atomic mass is 10.1. The number of ether oxygens (including phenoxy) is 1. The zero-order chi connectivity index (χ0) is 19.4. The summed E-state index contributed by atoms with van der Waals surface area (Å²) in [6.07, 6.45) is 2.23. The molecule has 1 rings (SSSR count). The zero-order valence-electron chi connectivity index (χ0n) is 15.4. The van der Waals surface area contributed by atoms with Gasteiger partial charge in [0.2, 0.25) is 5.91 Å². The maximum absolute atomic E-state index is 12.4. The molecule has 0 saturated carbocycles. The molecule has 7 heteroatoms. The summed E-state index contributed by atoms with van der Waals surface area (Å²) in [5.74, 6) is -1.58. The van der Waals surface area contributed by atoms with Crippen molar-refractivity contribution in [1.29, 1.82) is 0 Å². The number of nitrogens with one attached hydrogen (secondary N) is 2. The minimum Gasteiger partial charge on any atom is -0.480 e. The monoisotopic (exact) mass is 364 g/mol. The second kappa shape index (κ2) is 11.9. The van der Waals surface area contributed by atoms with Gasteiger partial charge in [0.05, 0.1) is 0 Å². The quantitative estimate of drug-likeness (QED) is 0.560. The molecule has 1 aromatic rings. The first-order valence-corrected chi connectivity index (χ1v) is 8.98. The van der Waals surface area contributed by atoms with Crippen LogP contribution in [0.1, 0.15) is 51.5 Å². The number of carbonyl (C=O) groups excluding carboxylic acids is 2. The summed E-state index contributed by atoms with van der Waals surface area (Å²) in [5.41, 5.74) is 0.838. The first kappa shape index (κ1) is 21.5. The van der Waals surface area contributed by atoms with Crippen LogP contribution in [0.25, 0.3) is 0 Å². The van der Waals surface area contributed by atoms with Gasteiger partial charge in [0.15, 0.2) is 0 Å². The molecular weight excluding hydrogens is 336 g/mol. The van der Waals surface area contributed by atoms with E-state index in [2.05, 4.69) is 10.6 Å². The molecule has 144 valence electrons. The Morgan fingerprint density at radius 3 is 2.27 bits per heavy atom. The van der Waals surface area contributed by atoms with Gasteiger partial charge in [0.1, 0.15) is 18.7 Å². The fraction of sp³-hybridized carbons (Fsp3) is 0.526. The fourth-order valence-electron chi connectivity index (χ4n) is 2.40. The summed E-state index contributed by atoms with van der Waals surface area (Å²) in [5, 5.41) is 14.3. The van der Waals surface area contributed by atoms with Crippen LogP contribution in [0.15, 0.2) is 30.3 Å². The van der Waals surface area contributed by atoms with Crippen LogP contribution >= 0.6 is 0 Å². The van der Waals surface area contributed by atoms with Crippen LogP contribution in [0.5, 0.6) is 0 Å². The number of carboxylic acids is 1. The molecule has 0 fully saturated rings. The number of aliphatic carboxylic acids is 1. The summed E-state index contributed by atoms with van der Waals surface area (Å²) in [6.45, 7) is 3.93. The SMILES string of the molecule is CCCCC(NC(=O)C(CCC)NC(=O)OCc1ccccc1)C(=O)O. The molecule has 2 atom stereocenters. The van der Waals surface area contributed by atoms with Crippen LogP contribution in [-0.2, 0) is 20.9 Å². The Labute approximate surface area is 154 Å². The first-order valence-electron chi connectivity index (χ1n) is 8.98. The van der Waals surface area contributed by atoms with Crippen LogP contribution in [0.3, 0.4) is 0 Å². The molecule has 0 heterocycles. The lowest BCUT2D eigenvalue weighted by Crippen LogP contribution is -2.51. The topological polar surface area (TPSA) is 105 Å². The van der Waals surface area contributed by atoms with E-state index >= 15 is 0 Å². The number of rotatable bonds is 11. The average molecular weight is 364 g/mol. The third-order valence-electron chi connectivity index (χ3n) is 3.86. The molecule has 3 N–H and O–H groups in total. The average Bonchev–Trinajstić information content (AvgIpc) is 2.63. The van der Waals surface area contributed by atoms with Gasteiger partial charge in [-0.3, -0.25) is 4.79 Å². The molecule has 2 unspecified atom stereocenters. The highest BCUT2D eigenvalue weighted by molar-refractivity contribution is 5.89. The number of hydrogen-bond acceptors (Lipinski definition) is 4. The Balaban J connectivity index is 2.57. The molecule has 0 spiro atoms. The molecule has 0 saturated heterocycles. The van der Waals surface area contributed by atoms with Crippen molar-refractivity contribution >= 4 is 18.0 Å². The van der Waals surface area contributed by atoms with Gasteiger partial charge >= 0.3 is 12.1 Å². The Morgan fingerprint density at radius 1 is 1.00 bits per heavy atom. The van der Waals surface area contributed by atoms with Gasteiger partial charge in [-0.05, 0) is 18.4 Å². The summed E-state index contributed by atoms with van der Waals surface area (Å²) >= 11 is 0. The number of hydrogen-bond donors (Lipinski definition) is 3. The van der Waals surface area contributed by atoms with Crippen LogP contribution in [0.2, 0.25) is 0 Å². The molecule has 7 nitrogen and oxygen atoms in total. The van der Waals surface area contributed by atoms with Crippen molar-refractivity contribution in [3.05, 3.63) is 35.9 Å². The van der Waals surface area contributed by atoms with Gasteiger partial charge in [-0.15, -0.1) is 0 Å². The van der Waals surface area contributed by atoms with E-state index < -0.39 is 30.1 Å². The molecule has 2 amide bonds. The van der Waals surface area contributed by atoms with Crippen molar-refractivity contribution < 1.29 is 24.2 Å². The van der Waals surface area contributed by atoms with Gasteiger partial charge in [0.25, 0.3) is 0 Å². The van der Waals surface area contributed by atoms with Crippen molar-refractivity contribution in [2.75, 3.05) is 0 Å². The highest BCUT2D eigenvalue weighted by Gasteiger charge is 2.26. The molecular formula is C19H28N2O5. The third-order valence-corrected chi connectivity index (χ3v) is 3.86. The summed E-state index contributed by atoms with van der Waals surface area (Å²) in [7, 11) is 0. The number of carbonyl (C=O) groups is 3. The van der Waals surface area contributed by atoms with E-state index in [-0.39, 0.29) is 6.61 Å². The number of amides is 2. The standard InChI is InChI=1S/C19H28N2O5/c1-3-5-12-16(18(23)24)20-17(22)15(9-4-2)21-19(25)26-13-14-10-7-6-8-11-14/h6-8,10-11,15-16H,3-5,9,12-13H2,1-2H3,(H,20,22)(H,21,25)(H,23,24). The molecule has 26 heavy (non-hydrogen) atoms. The van der Waals surface area contributed by atoms with E-state index in [4.69, 9.17) is 4.74 Å². The van der Waals surface area contributed by atoms with Crippen molar-refractivity contribution in [2.45, 2.75) is 64.6 Å². The summed E-state index contributed by atoms with van der Waals surface area (Å²) in [4.78, 5) is 35.6. The lowest BCUT2D eigenvalue weighted by Gasteiger charge is -2.21. The smallest absolute Gasteiger partial charge is 0.408 e. The zero-order valence-corrected chi connectivity index (χ0v) is 15.4. The Bertz CT molecular complexity index is 577. The molecule has 0 bridgehead atoms. The van der Waals surface area contributed by atoms with E-state index in [0.717, 1.165) is 12.0 Å². The van der Waals surface area contributed by atoms with Crippen molar-refractivity contribution in [3.8, 4) is 0 Å². The molecule has 0 aliphatic carbocycles. The second-order valence-electron chi connectivity index (χ2n) is 6.09. The first-order chi connectivity index (χ1) is 12.5. The second-order valence-corrected chi connectivity index (χ2v) is 6.09. The Morgan fingerprint density at radius 2 is 1.69 bits per heavy atom. The molecule has 0 aliphatic rings. The Hall–Kier alpha value is -2.57. The molecule has 0 aliphatic heterocycles.